The topological polar surface area (TPSA) is 73.6 Å². The molecule has 0 aromatic heterocycles. The van der Waals surface area contributed by atoms with E-state index in [1.54, 1.807) is 0 Å². The zero-order valence-electron chi connectivity index (χ0n) is 11.8. The molecule has 2 fully saturated rings. The monoisotopic (exact) mass is 270 g/mol. The largest absolute Gasteiger partial charge is 0.379 e. The highest BCUT2D eigenvalue weighted by Gasteiger charge is 2.44. The van der Waals surface area contributed by atoms with E-state index in [1.807, 2.05) is 6.92 Å². The Morgan fingerprint density at radius 2 is 2.16 bits per heavy atom. The van der Waals surface area contributed by atoms with Crippen LogP contribution in [0.2, 0.25) is 0 Å². The smallest absolute Gasteiger partial charge is 0.237 e. The van der Waals surface area contributed by atoms with Crippen LogP contribution in [0.3, 0.4) is 0 Å². The molecule has 2 saturated carbocycles. The fraction of sp³-hybridized carbons (Fsp3) is 0.929. The van der Waals surface area contributed by atoms with Crippen LogP contribution >= 0.6 is 0 Å². The molecule has 3 N–H and O–H groups in total. The molecule has 0 radical (unpaired) electrons. The molecule has 2 unspecified atom stereocenters. The number of hydrogen-bond donors (Lipinski definition) is 2. The van der Waals surface area contributed by atoms with Crippen molar-refractivity contribution in [2.75, 3.05) is 19.8 Å². The zero-order chi connectivity index (χ0) is 13.7. The number of nitrogens with one attached hydrogen (secondary N) is 1. The molecule has 0 heterocycles. The van der Waals surface area contributed by atoms with E-state index < -0.39 is 5.54 Å². The molecule has 110 valence electrons. The first-order valence-corrected chi connectivity index (χ1v) is 7.43. The van der Waals surface area contributed by atoms with Gasteiger partial charge in [-0.3, -0.25) is 4.79 Å². The van der Waals surface area contributed by atoms with E-state index in [1.165, 1.54) is 0 Å². The summed E-state index contributed by atoms with van der Waals surface area (Å²) in [4.78, 5) is 11.8. The van der Waals surface area contributed by atoms with Crippen molar-refractivity contribution in [3.63, 3.8) is 0 Å². The summed E-state index contributed by atoms with van der Waals surface area (Å²) < 4.78 is 11.1. The van der Waals surface area contributed by atoms with Crippen LogP contribution in [-0.2, 0) is 14.3 Å². The molecule has 0 aliphatic heterocycles. The van der Waals surface area contributed by atoms with Crippen molar-refractivity contribution in [3.8, 4) is 0 Å². The minimum atomic E-state index is -0.546. The maximum absolute atomic E-state index is 11.8. The van der Waals surface area contributed by atoms with Gasteiger partial charge in [-0.1, -0.05) is 0 Å². The molecule has 0 aromatic rings. The summed E-state index contributed by atoms with van der Waals surface area (Å²) in [7, 11) is 0. The van der Waals surface area contributed by atoms with Gasteiger partial charge in [0, 0.05) is 19.1 Å². The van der Waals surface area contributed by atoms with Gasteiger partial charge in [0.15, 0.2) is 0 Å². The Labute approximate surface area is 115 Å². The molecule has 5 heteroatoms. The third-order valence-corrected chi connectivity index (χ3v) is 4.02. The molecule has 0 aromatic carbocycles. The maximum atomic E-state index is 11.8. The number of amides is 1. The lowest BCUT2D eigenvalue weighted by Gasteiger charge is -2.39. The Kier molecular flexibility index (Phi) is 5.19. The molecule has 0 bridgehead atoms. The Hall–Kier alpha value is -0.650. The molecule has 1 amide bonds. The highest BCUT2D eigenvalue weighted by atomic mass is 16.5. The van der Waals surface area contributed by atoms with Gasteiger partial charge in [-0.2, -0.15) is 0 Å². The minimum Gasteiger partial charge on any atom is -0.379 e. The summed E-state index contributed by atoms with van der Waals surface area (Å²) >= 11 is 0. The molecule has 0 saturated heterocycles. The van der Waals surface area contributed by atoms with Gasteiger partial charge in [0.1, 0.15) is 5.54 Å². The van der Waals surface area contributed by atoms with Gasteiger partial charge < -0.3 is 20.5 Å². The predicted octanol–water partition coefficient (Wildman–Crippen LogP) is 0.958. The Morgan fingerprint density at radius 1 is 1.37 bits per heavy atom. The molecule has 2 aliphatic carbocycles. The third-order valence-electron chi connectivity index (χ3n) is 4.02. The molecular formula is C14H26N2O3. The number of ether oxygens (including phenoxy) is 2. The number of hydrogen-bond acceptors (Lipinski definition) is 4. The second-order valence-corrected chi connectivity index (χ2v) is 5.65. The van der Waals surface area contributed by atoms with Gasteiger partial charge >= 0.3 is 0 Å². The second kappa shape index (κ2) is 6.68. The normalized spacial score (nSPS) is 31.3. The fourth-order valence-electron chi connectivity index (χ4n) is 2.83. The Morgan fingerprint density at radius 3 is 2.79 bits per heavy atom. The standard InChI is InChI=1S/C14H26N2O3/c1-2-18-8-9-19-12-4-3-7-14(10-12,13(15)17)16-11-5-6-11/h11-12,16H,2-10H2,1H3,(H2,15,17). The average Bonchev–Trinajstić information content (AvgIpc) is 3.19. The van der Waals surface area contributed by atoms with Crippen molar-refractivity contribution in [1.82, 2.24) is 5.32 Å². The fourth-order valence-corrected chi connectivity index (χ4v) is 2.83. The highest BCUT2D eigenvalue weighted by Crippen LogP contribution is 2.33. The van der Waals surface area contributed by atoms with Gasteiger partial charge in [-0.05, 0) is 39.0 Å². The van der Waals surface area contributed by atoms with E-state index in [-0.39, 0.29) is 12.0 Å². The van der Waals surface area contributed by atoms with Gasteiger partial charge in [-0.25, -0.2) is 0 Å². The predicted molar refractivity (Wildman–Crippen MR) is 72.8 cm³/mol. The maximum Gasteiger partial charge on any atom is 0.237 e. The van der Waals surface area contributed by atoms with Crippen LogP contribution in [0.5, 0.6) is 0 Å². The first-order chi connectivity index (χ1) is 9.16. The minimum absolute atomic E-state index is 0.118. The molecule has 2 atom stereocenters. The van der Waals surface area contributed by atoms with Crippen molar-refractivity contribution in [1.29, 1.82) is 0 Å². The summed E-state index contributed by atoms with van der Waals surface area (Å²) in [5, 5.41) is 3.45. The molecule has 0 spiro atoms. The number of carbonyl (C=O) groups excluding carboxylic acids is 1. The van der Waals surface area contributed by atoms with Crippen molar-refractivity contribution in [3.05, 3.63) is 0 Å². The summed E-state index contributed by atoms with van der Waals surface area (Å²) in [5.41, 5.74) is 5.09. The molecular weight excluding hydrogens is 244 g/mol. The first kappa shape index (κ1) is 14.8. The van der Waals surface area contributed by atoms with Crippen LogP contribution in [0, 0.1) is 0 Å². The van der Waals surface area contributed by atoms with E-state index >= 15 is 0 Å². The van der Waals surface area contributed by atoms with E-state index in [2.05, 4.69) is 5.32 Å². The van der Waals surface area contributed by atoms with Gasteiger partial charge in [0.25, 0.3) is 0 Å². The van der Waals surface area contributed by atoms with E-state index in [0.717, 1.165) is 32.1 Å². The highest BCUT2D eigenvalue weighted by molar-refractivity contribution is 5.85. The van der Waals surface area contributed by atoms with Crippen LogP contribution < -0.4 is 11.1 Å². The van der Waals surface area contributed by atoms with Crippen LogP contribution in [0.15, 0.2) is 0 Å². The quantitative estimate of drug-likeness (QED) is 0.644. The number of primary amides is 1. The molecule has 19 heavy (non-hydrogen) atoms. The van der Waals surface area contributed by atoms with Gasteiger partial charge in [0.2, 0.25) is 5.91 Å². The summed E-state index contributed by atoms with van der Waals surface area (Å²) in [6.07, 6.45) is 5.97. The lowest BCUT2D eigenvalue weighted by molar-refractivity contribution is -0.129. The van der Waals surface area contributed by atoms with Crippen LogP contribution in [0.4, 0.5) is 0 Å². The van der Waals surface area contributed by atoms with Crippen molar-refractivity contribution >= 4 is 5.91 Å². The van der Waals surface area contributed by atoms with E-state index in [0.29, 0.717) is 32.3 Å². The summed E-state index contributed by atoms with van der Waals surface area (Å²) in [6, 6.07) is 0.481. The lowest BCUT2D eigenvalue weighted by atomic mass is 9.79. The number of nitrogens with two attached hydrogens (primary N) is 1. The van der Waals surface area contributed by atoms with E-state index in [4.69, 9.17) is 15.2 Å². The van der Waals surface area contributed by atoms with Crippen molar-refractivity contribution in [2.24, 2.45) is 5.73 Å². The van der Waals surface area contributed by atoms with Crippen LogP contribution in [0.25, 0.3) is 0 Å². The zero-order valence-corrected chi connectivity index (χ0v) is 11.8. The average molecular weight is 270 g/mol. The van der Waals surface area contributed by atoms with Gasteiger partial charge in [0.05, 0.1) is 19.3 Å². The molecule has 2 rings (SSSR count). The summed E-state index contributed by atoms with van der Waals surface area (Å²) in [6.45, 7) is 3.89. The van der Waals surface area contributed by atoms with Crippen LogP contribution in [-0.4, -0.2) is 43.4 Å². The number of carbonyl (C=O) groups is 1. The summed E-state index contributed by atoms with van der Waals surface area (Å²) in [5.74, 6) is -0.225. The SMILES string of the molecule is CCOCCOC1CCCC(NC2CC2)(C(N)=O)C1. The molecule has 2 aliphatic rings. The third kappa shape index (κ3) is 4.16. The van der Waals surface area contributed by atoms with Crippen molar-refractivity contribution in [2.45, 2.75) is 63.1 Å². The van der Waals surface area contributed by atoms with Crippen molar-refractivity contribution < 1.29 is 14.3 Å². The van der Waals surface area contributed by atoms with Crippen LogP contribution in [0.1, 0.15) is 45.4 Å². The lowest BCUT2D eigenvalue weighted by Crippen LogP contribution is -2.59. The Bertz CT molecular complexity index is 307. The van der Waals surface area contributed by atoms with Gasteiger partial charge in [-0.15, -0.1) is 0 Å². The second-order valence-electron chi connectivity index (χ2n) is 5.65. The number of rotatable bonds is 8. The molecule has 5 nitrogen and oxygen atoms in total. The Balaban J connectivity index is 1.84. The first-order valence-electron chi connectivity index (χ1n) is 7.43. The van der Waals surface area contributed by atoms with E-state index in [9.17, 15) is 4.79 Å².